The Bertz CT molecular complexity index is 812. The number of unbranched alkanes of at least 4 members (excludes halogenated alkanes) is 2. The minimum absolute atomic E-state index is 0.0167. The predicted molar refractivity (Wildman–Crippen MR) is 106 cm³/mol. The Morgan fingerprint density at radius 2 is 1.79 bits per heavy atom. The summed E-state index contributed by atoms with van der Waals surface area (Å²) in [6, 6.07) is 7.10. The van der Waals surface area contributed by atoms with Gasteiger partial charge in [-0.3, -0.25) is 0 Å². The third-order valence-corrected chi connectivity index (χ3v) is 4.11. The molecule has 0 aliphatic heterocycles. The van der Waals surface area contributed by atoms with Crippen molar-refractivity contribution in [2.75, 3.05) is 24.3 Å². The number of hydrogen-bond donors (Lipinski definition) is 2. The second-order valence-electron chi connectivity index (χ2n) is 6.32. The number of para-hydroxylation sites is 1. The van der Waals surface area contributed by atoms with Gasteiger partial charge in [0.25, 0.3) is 0 Å². The van der Waals surface area contributed by atoms with E-state index < -0.39 is 17.6 Å². The quantitative estimate of drug-likeness (QED) is 0.321. The van der Waals surface area contributed by atoms with E-state index in [1.54, 1.807) is 6.07 Å². The molecule has 0 radical (unpaired) electrons. The summed E-state index contributed by atoms with van der Waals surface area (Å²) in [6.07, 6.45) is 3.17. The normalized spacial score (nSPS) is 10.6. The zero-order valence-electron chi connectivity index (χ0n) is 16.2. The van der Waals surface area contributed by atoms with Gasteiger partial charge in [-0.25, -0.2) is 13.6 Å². The number of hydrogen-bond acceptors (Lipinski definition) is 5. The van der Waals surface area contributed by atoms with Crippen LogP contribution in [0.4, 0.5) is 25.8 Å². The molecule has 7 heteroatoms. The Labute approximate surface area is 163 Å². The summed E-state index contributed by atoms with van der Waals surface area (Å²) in [5, 5.41) is 2.63. The minimum Gasteiger partial charge on any atom is -0.491 e. The second kappa shape index (κ2) is 10.5. The van der Waals surface area contributed by atoms with Gasteiger partial charge in [-0.15, -0.1) is 0 Å². The lowest BCUT2D eigenvalue weighted by Crippen LogP contribution is -2.13. The zero-order chi connectivity index (χ0) is 20.5. The number of ether oxygens (including phenoxy) is 2. The first-order valence-corrected chi connectivity index (χ1v) is 9.43. The Kier molecular flexibility index (Phi) is 8.04. The van der Waals surface area contributed by atoms with Crippen LogP contribution in [0.2, 0.25) is 0 Å². The maximum absolute atomic E-state index is 15.0. The molecule has 0 aliphatic carbocycles. The molecule has 0 saturated heterocycles. The Hall–Kier alpha value is -2.83. The van der Waals surface area contributed by atoms with Gasteiger partial charge in [0.2, 0.25) is 0 Å². The molecule has 0 unspecified atom stereocenters. The van der Waals surface area contributed by atoms with Crippen LogP contribution < -0.4 is 15.8 Å². The lowest BCUT2D eigenvalue weighted by Gasteiger charge is -2.17. The molecule has 28 heavy (non-hydrogen) atoms. The number of rotatable bonds is 10. The molecule has 0 atom stereocenters. The fraction of sp³-hybridized carbons (Fsp3) is 0.381. The molecule has 0 fully saturated rings. The van der Waals surface area contributed by atoms with Gasteiger partial charge in [-0.2, -0.15) is 0 Å². The van der Waals surface area contributed by atoms with Crippen LogP contribution in [0.3, 0.4) is 0 Å². The van der Waals surface area contributed by atoms with Crippen molar-refractivity contribution in [2.24, 2.45) is 0 Å². The summed E-state index contributed by atoms with van der Waals surface area (Å²) in [5.41, 5.74) is 5.29. The van der Waals surface area contributed by atoms with E-state index in [9.17, 15) is 9.18 Å². The van der Waals surface area contributed by atoms with Crippen molar-refractivity contribution in [3.05, 3.63) is 47.5 Å². The molecule has 5 nitrogen and oxygen atoms in total. The second-order valence-corrected chi connectivity index (χ2v) is 6.32. The van der Waals surface area contributed by atoms with Crippen molar-refractivity contribution in [1.82, 2.24) is 0 Å². The molecule has 0 spiro atoms. The highest BCUT2D eigenvalue weighted by Gasteiger charge is 2.24. The maximum Gasteiger partial charge on any atom is 0.340 e. The van der Waals surface area contributed by atoms with E-state index in [4.69, 9.17) is 15.2 Å². The largest absolute Gasteiger partial charge is 0.491 e. The first-order valence-electron chi connectivity index (χ1n) is 9.43. The molecule has 2 rings (SSSR count). The van der Waals surface area contributed by atoms with Gasteiger partial charge in [-0.05, 0) is 31.0 Å². The van der Waals surface area contributed by atoms with E-state index in [1.807, 2.05) is 13.8 Å². The number of halogens is 2. The molecule has 0 amide bonds. The van der Waals surface area contributed by atoms with Crippen LogP contribution in [-0.4, -0.2) is 19.2 Å². The number of benzene rings is 2. The van der Waals surface area contributed by atoms with Gasteiger partial charge in [0.15, 0.2) is 5.82 Å². The Morgan fingerprint density at radius 1 is 1.11 bits per heavy atom. The number of carbonyl (C=O) groups is 1. The number of esters is 1. The lowest BCUT2D eigenvalue weighted by atomic mass is 10.1. The lowest BCUT2D eigenvalue weighted by molar-refractivity contribution is 0.0500. The molecular weight excluding hydrogens is 366 g/mol. The number of anilines is 3. The summed E-state index contributed by atoms with van der Waals surface area (Å²) in [5.74, 6) is -2.15. The molecule has 0 saturated carbocycles. The highest BCUT2D eigenvalue weighted by Crippen LogP contribution is 2.36. The summed E-state index contributed by atoms with van der Waals surface area (Å²) in [7, 11) is 0. The van der Waals surface area contributed by atoms with Crippen LogP contribution in [-0.2, 0) is 4.74 Å². The van der Waals surface area contributed by atoms with Crippen molar-refractivity contribution < 1.29 is 23.0 Å². The molecule has 2 aromatic carbocycles. The molecular formula is C21H26F2N2O3. The molecule has 3 N–H and O–H groups in total. The summed E-state index contributed by atoms with van der Waals surface area (Å²) in [4.78, 5) is 12.5. The van der Waals surface area contributed by atoms with Crippen molar-refractivity contribution in [3.63, 3.8) is 0 Å². The van der Waals surface area contributed by atoms with Crippen LogP contribution in [0, 0.1) is 11.6 Å². The number of nitrogens with two attached hydrogens (primary N) is 1. The Morgan fingerprint density at radius 3 is 2.46 bits per heavy atom. The third-order valence-electron chi connectivity index (χ3n) is 4.11. The van der Waals surface area contributed by atoms with Crippen molar-refractivity contribution >= 4 is 23.0 Å². The van der Waals surface area contributed by atoms with E-state index in [0.717, 1.165) is 19.3 Å². The first-order chi connectivity index (χ1) is 13.5. The SMILES string of the molecule is CCCCOC(=O)c1cc(OCCCC)c(N)c(F)c1Nc1ccccc1F. The van der Waals surface area contributed by atoms with Gasteiger partial charge < -0.3 is 20.5 Å². The zero-order valence-corrected chi connectivity index (χ0v) is 16.2. The minimum atomic E-state index is -0.889. The van der Waals surface area contributed by atoms with Gasteiger partial charge in [-0.1, -0.05) is 38.8 Å². The standard InChI is InChI=1S/C21H26F2N2O3/c1-3-5-11-27-17-13-14(21(26)28-12-6-4-2)20(18(23)19(17)24)25-16-10-8-7-9-15(16)22/h7-10,13,25H,3-6,11-12,24H2,1-2H3. The van der Waals surface area contributed by atoms with E-state index in [0.29, 0.717) is 13.0 Å². The summed E-state index contributed by atoms with van der Waals surface area (Å²) < 4.78 is 39.8. The highest BCUT2D eigenvalue weighted by molar-refractivity contribution is 5.98. The average Bonchev–Trinajstić information content (AvgIpc) is 2.69. The van der Waals surface area contributed by atoms with Crippen molar-refractivity contribution in [2.45, 2.75) is 39.5 Å². The van der Waals surface area contributed by atoms with Crippen molar-refractivity contribution in [3.8, 4) is 5.75 Å². The van der Waals surface area contributed by atoms with Crippen LogP contribution >= 0.6 is 0 Å². The van der Waals surface area contributed by atoms with E-state index in [2.05, 4.69) is 5.32 Å². The number of nitrogens with one attached hydrogen (secondary N) is 1. The number of carbonyl (C=O) groups excluding carboxylic acids is 1. The smallest absolute Gasteiger partial charge is 0.340 e. The molecule has 152 valence electrons. The van der Waals surface area contributed by atoms with E-state index in [-0.39, 0.29) is 35.0 Å². The molecule has 0 aliphatic rings. The topological polar surface area (TPSA) is 73.6 Å². The molecule has 2 aromatic rings. The molecule has 0 bridgehead atoms. The van der Waals surface area contributed by atoms with Gasteiger partial charge in [0.05, 0.1) is 30.2 Å². The van der Waals surface area contributed by atoms with Crippen LogP contribution in [0.5, 0.6) is 5.75 Å². The van der Waals surface area contributed by atoms with Gasteiger partial charge in [0.1, 0.15) is 17.3 Å². The van der Waals surface area contributed by atoms with Crippen LogP contribution in [0.15, 0.2) is 30.3 Å². The maximum atomic E-state index is 15.0. The van der Waals surface area contributed by atoms with E-state index >= 15 is 4.39 Å². The molecule has 0 aromatic heterocycles. The summed E-state index contributed by atoms with van der Waals surface area (Å²) in [6.45, 7) is 4.49. The average molecular weight is 392 g/mol. The Balaban J connectivity index is 2.43. The highest BCUT2D eigenvalue weighted by atomic mass is 19.1. The van der Waals surface area contributed by atoms with Crippen molar-refractivity contribution in [1.29, 1.82) is 0 Å². The predicted octanol–water partition coefficient (Wildman–Crippen LogP) is 5.43. The van der Waals surface area contributed by atoms with Gasteiger partial charge >= 0.3 is 5.97 Å². The monoisotopic (exact) mass is 392 g/mol. The fourth-order valence-corrected chi connectivity index (χ4v) is 2.46. The fourth-order valence-electron chi connectivity index (χ4n) is 2.46. The van der Waals surface area contributed by atoms with Crippen LogP contribution in [0.25, 0.3) is 0 Å². The summed E-state index contributed by atoms with van der Waals surface area (Å²) >= 11 is 0. The molecule has 0 heterocycles. The third kappa shape index (κ3) is 5.34. The van der Waals surface area contributed by atoms with E-state index in [1.165, 1.54) is 24.3 Å². The first kappa shape index (κ1) is 21.5. The van der Waals surface area contributed by atoms with Gasteiger partial charge in [0, 0.05) is 0 Å². The van der Waals surface area contributed by atoms with Crippen LogP contribution in [0.1, 0.15) is 49.9 Å². The number of nitrogen functional groups attached to an aromatic ring is 1.